The average Bonchev–Trinajstić information content (AvgIpc) is 3.16. The van der Waals surface area contributed by atoms with Crippen molar-refractivity contribution in [2.45, 2.75) is 6.54 Å². The van der Waals surface area contributed by atoms with E-state index < -0.39 is 0 Å². The van der Waals surface area contributed by atoms with Crippen LogP contribution >= 0.6 is 0 Å². The first-order valence-electron chi connectivity index (χ1n) is 6.49. The molecule has 3 aromatic rings. The number of pyridine rings is 1. The monoisotopic (exact) mass is 282 g/mol. The number of carbonyl (C=O) groups excluding carboxylic acids is 1. The van der Waals surface area contributed by atoms with Gasteiger partial charge in [-0.3, -0.25) is 14.5 Å². The Balaban J connectivity index is 1.72. The van der Waals surface area contributed by atoms with Gasteiger partial charge in [-0.15, -0.1) is 0 Å². The normalized spacial score (nSPS) is 10.5. The van der Waals surface area contributed by atoms with Crippen molar-refractivity contribution in [3.63, 3.8) is 0 Å². The van der Waals surface area contributed by atoms with Gasteiger partial charge in [0.05, 0.1) is 24.2 Å². The number of nitrogens with one attached hydrogen (secondary N) is 1. The molecule has 0 atom stereocenters. The van der Waals surface area contributed by atoms with Crippen LogP contribution in [0.1, 0.15) is 16.2 Å². The van der Waals surface area contributed by atoms with Crippen LogP contribution in [0.5, 0.6) is 0 Å². The Kier molecular flexibility index (Phi) is 3.51. The summed E-state index contributed by atoms with van der Waals surface area (Å²) in [4.78, 5) is 15.9. The highest BCUT2D eigenvalue weighted by Gasteiger charge is 2.11. The van der Waals surface area contributed by atoms with Crippen molar-refractivity contribution in [1.29, 1.82) is 0 Å². The summed E-state index contributed by atoms with van der Waals surface area (Å²) >= 11 is 0. The second kappa shape index (κ2) is 5.62. The van der Waals surface area contributed by atoms with E-state index in [4.69, 9.17) is 4.42 Å². The molecule has 0 bridgehead atoms. The van der Waals surface area contributed by atoms with Gasteiger partial charge < -0.3 is 9.73 Å². The molecule has 0 aliphatic carbocycles. The molecule has 0 aliphatic heterocycles. The van der Waals surface area contributed by atoms with Crippen molar-refractivity contribution in [1.82, 2.24) is 20.1 Å². The zero-order valence-corrected chi connectivity index (χ0v) is 11.5. The fourth-order valence-electron chi connectivity index (χ4n) is 1.99. The Morgan fingerprint density at radius 3 is 3.00 bits per heavy atom. The van der Waals surface area contributed by atoms with Crippen LogP contribution in [-0.2, 0) is 13.6 Å². The highest BCUT2D eigenvalue weighted by atomic mass is 16.3. The van der Waals surface area contributed by atoms with Gasteiger partial charge in [-0.1, -0.05) is 0 Å². The molecule has 0 aliphatic rings. The molecule has 106 valence electrons. The smallest absolute Gasteiger partial charge is 0.287 e. The fourth-order valence-corrected chi connectivity index (χ4v) is 1.99. The van der Waals surface area contributed by atoms with E-state index in [1.165, 1.54) is 6.26 Å². The summed E-state index contributed by atoms with van der Waals surface area (Å²) in [6, 6.07) is 9.04. The number of hydrogen-bond donors (Lipinski definition) is 1. The van der Waals surface area contributed by atoms with Crippen molar-refractivity contribution >= 4 is 5.91 Å². The van der Waals surface area contributed by atoms with Crippen LogP contribution in [0, 0.1) is 0 Å². The summed E-state index contributed by atoms with van der Waals surface area (Å²) in [5.74, 6) is 0.0498. The molecule has 1 N–H and O–H groups in total. The number of nitrogens with zero attached hydrogens (tertiary/aromatic N) is 3. The minimum absolute atomic E-state index is 0.246. The van der Waals surface area contributed by atoms with Gasteiger partial charge in [-0.05, 0) is 30.3 Å². The molecule has 0 spiro atoms. The van der Waals surface area contributed by atoms with Gasteiger partial charge in [0.15, 0.2) is 5.76 Å². The van der Waals surface area contributed by atoms with Crippen LogP contribution in [-0.4, -0.2) is 20.7 Å². The second-order valence-corrected chi connectivity index (χ2v) is 4.55. The van der Waals surface area contributed by atoms with Crippen molar-refractivity contribution in [2.24, 2.45) is 7.05 Å². The highest BCUT2D eigenvalue weighted by molar-refractivity contribution is 5.91. The van der Waals surface area contributed by atoms with E-state index in [0.29, 0.717) is 12.3 Å². The van der Waals surface area contributed by atoms with Gasteiger partial charge in [0, 0.05) is 25.0 Å². The van der Waals surface area contributed by atoms with E-state index in [-0.39, 0.29) is 5.91 Å². The maximum absolute atomic E-state index is 11.8. The van der Waals surface area contributed by atoms with Crippen LogP contribution in [0.25, 0.3) is 11.3 Å². The lowest BCUT2D eigenvalue weighted by Crippen LogP contribution is -2.23. The van der Waals surface area contributed by atoms with E-state index in [9.17, 15) is 4.79 Å². The molecule has 0 saturated heterocycles. The van der Waals surface area contributed by atoms with Crippen LogP contribution in [0.3, 0.4) is 0 Å². The lowest BCUT2D eigenvalue weighted by molar-refractivity contribution is 0.0922. The van der Waals surface area contributed by atoms with Crippen molar-refractivity contribution in [3.05, 3.63) is 60.4 Å². The topological polar surface area (TPSA) is 73.0 Å². The summed E-state index contributed by atoms with van der Waals surface area (Å²) in [6.07, 6.45) is 4.95. The molecule has 0 aromatic carbocycles. The lowest BCUT2D eigenvalue weighted by Gasteiger charge is -2.03. The van der Waals surface area contributed by atoms with Crippen molar-refractivity contribution in [3.8, 4) is 11.3 Å². The summed E-state index contributed by atoms with van der Waals surface area (Å²) in [7, 11) is 1.84. The number of aryl methyl sites for hydroxylation is 1. The van der Waals surface area contributed by atoms with E-state index in [2.05, 4.69) is 15.4 Å². The Bertz CT molecular complexity index is 732. The Hall–Kier alpha value is -2.89. The summed E-state index contributed by atoms with van der Waals surface area (Å²) in [5.41, 5.74) is 2.67. The van der Waals surface area contributed by atoms with Crippen LogP contribution < -0.4 is 5.32 Å². The fraction of sp³-hybridized carbons (Fsp3) is 0.133. The molecular formula is C15H14N4O2. The van der Waals surface area contributed by atoms with E-state index in [1.807, 2.05) is 25.2 Å². The van der Waals surface area contributed by atoms with E-state index in [0.717, 1.165) is 17.0 Å². The third-order valence-electron chi connectivity index (χ3n) is 3.11. The molecule has 6 nitrogen and oxygen atoms in total. The standard InChI is InChI=1S/C15H14N4O2/c1-19-12(10-17-15(20)14-5-3-7-21-14)8-13(18-19)11-4-2-6-16-9-11/h2-9H,10H2,1H3,(H,17,20). The number of amides is 1. The minimum atomic E-state index is -0.246. The maximum Gasteiger partial charge on any atom is 0.287 e. The first-order valence-corrected chi connectivity index (χ1v) is 6.49. The van der Waals surface area contributed by atoms with Gasteiger partial charge >= 0.3 is 0 Å². The predicted molar refractivity (Wildman–Crippen MR) is 76.3 cm³/mol. The van der Waals surface area contributed by atoms with Gasteiger partial charge in [0.25, 0.3) is 5.91 Å². The average molecular weight is 282 g/mol. The predicted octanol–water partition coefficient (Wildman–Crippen LogP) is 2.01. The molecule has 1 amide bonds. The third-order valence-corrected chi connectivity index (χ3v) is 3.11. The second-order valence-electron chi connectivity index (χ2n) is 4.55. The van der Waals surface area contributed by atoms with Gasteiger partial charge in [-0.25, -0.2) is 0 Å². The number of furan rings is 1. The minimum Gasteiger partial charge on any atom is -0.459 e. The van der Waals surface area contributed by atoms with Crippen molar-refractivity contribution < 1.29 is 9.21 Å². The number of hydrogen-bond acceptors (Lipinski definition) is 4. The number of rotatable bonds is 4. The molecule has 0 radical (unpaired) electrons. The summed E-state index contributed by atoms with van der Waals surface area (Å²) in [5, 5.41) is 7.22. The molecule has 0 unspecified atom stereocenters. The van der Waals surface area contributed by atoms with Gasteiger partial charge in [0.2, 0.25) is 0 Å². The quantitative estimate of drug-likeness (QED) is 0.794. The Labute approximate surface area is 121 Å². The molecule has 3 aromatic heterocycles. The van der Waals surface area contributed by atoms with Crippen molar-refractivity contribution in [2.75, 3.05) is 0 Å². The Morgan fingerprint density at radius 2 is 2.29 bits per heavy atom. The zero-order valence-electron chi connectivity index (χ0n) is 11.5. The molecule has 0 fully saturated rings. The van der Waals surface area contributed by atoms with Crippen LogP contribution in [0.2, 0.25) is 0 Å². The molecule has 6 heteroatoms. The third kappa shape index (κ3) is 2.84. The highest BCUT2D eigenvalue weighted by Crippen LogP contribution is 2.17. The molecule has 3 rings (SSSR count). The molecule has 0 saturated carbocycles. The lowest BCUT2D eigenvalue weighted by atomic mass is 10.2. The first-order chi connectivity index (χ1) is 10.2. The van der Waals surface area contributed by atoms with Gasteiger partial charge in [-0.2, -0.15) is 5.10 Å². The van der Waals surface area contributed by atoms with E-state index in [1.54, 1.807) is 29.2 Å². The van der Waals surface area contributed by atoms with E-state index >= 15 is 0 Å². The first kappa shape index (κ1) is 13.1. The number of carbonyl (C=O) groups is 1. The van der Waals surface area contributed by atoms with Gasteiger partial charge in [0.1, 0.15) is 0 Å². The number of aromatic nitrogens is 3. The zero-order chi connectivity index (χ0) is 14.7. The largest absolute Gasteiger partial charge is 0.459 e. The molecule has 21 heavy (non-hydrogen) atoms. The Morgan fingerprint density at radius 1 is 1.38 bits per heavy atom. The molecular weight excluding hydrogens is 268 g/mol. The SMILES string of the molecule is Cn1nc(-c2cccnc2)cc1CNC(=O)c1ccco1. The molecule has 3 heterocycles. The van der Waals surface area contributed by atoms with Crippen LogP contribution in [0.4, 0.5) is 0 Å². The maximum atomic E-state index is 11.8. The summed E-state index contributed by atoms with van der Waals surface area (Å²) in [6.45, 7) is 0.378. The summed E-state index contributed by atoms with van der Waals surface area (Å²) < 4.78 is 6.79. The van der Waals surface area contributed by atoms with Crippen LogP contribution in [0.15, 0.2) is 53.4 Å².